The molecule has 2 aromatic rings. The predicted molar refractivity (Wildman–Crippen MR) is 93.4 cm³/mol. The predicted octanol–water partition coefficient (Wildman–Crippen LogP) is 3.42. The van der Waals surface area contributed by atoms with Crippen molar-refractivity contribution in [2.45, 2.75) is 13.1 Å². The molecule has 1 amide bonds. The first kappa shape index (κ1) is 19.8. The van der Waals surface area contributed by atoms with Crippen molar-refractivity contribution in [1.82, 2.24) is 0 Å². The number of aryl methyl sites for hydroxylation is 1. The van der Waals surface area contributed by atoms with Crippen LogP contribution >= 0.6 is 0 Å². The molecule has 0 saturated heterocycles. The van der Waals surface area contributed by atoms with Gasteiger partial charge in [-0.1, -0.05) is 30.3 Å². The quantitative estimate of drug-likeness (QED) is 0.856. The zero-order valence-corrected chi connectivity index (χ0v) is 14.9. The highest BCUT2D eigenvalue weighted by Gasteiger charge is 2.36. The van der Waals surface area contributed by atoms with Gasteiger partial charge in [-0.25, -0.2) is 8.42 Å². The summed E-state index contributed by atoms with van der Waals surface area (Å²) in [6.45, 7) is 0.961. The lowest BCUT2D eigenvalue weighted by molar-refractivity contribution is -0.137. The van der Waals surface area contributed by atoms with Crippen molar-refractivity contribution in [1.29, 1.82) is 0 Å². The fourth-order valence-corrected chi connectivity index (χ4v) is 3.21. The van der Waals surface area contributed by atoms with Crippen LogP contribution in [0.1, 0.15) is 11.1 Å². The minimum atomic E-state index is -4.76. The third kappa shape index (κ3) is 4.75. The van der Waals surface area contributed by atoms with E-state index in [0.717, 1.165) is 30.0 Å². The molecule has 0 aliphatic carbocycles. The van der Waals surface area contributed by atoms with Gasteiger partial charge >= 0.3 is 6.18 Å². The number of para-hydroxylation sites is 2. The Bertz CT molecular complexity index is 911. The van der Waals surface area contributed by atoms with E-state index in [4.69, 9.17) is 0 Å². The summed E-state index contributed by atoms with van der Waals surface area (Å²) in [5.74, 6) is -0.748. The smallest absolute Gasteiger partial charge is 0.324 e. The van der Waals surface area contributed by atoms with Crippen LogP contribution in [0.3, 0.4) is 0 Å². The maximum atomic E-state index is 13.2. The van der Waals surface area contributed by atoms with E-state index in [1.807, 2.05) is 0 Å². The van der Waals surface area contributed by atoms with Crippen LogP contribution in [0.25, 0.3) is 0 Å². The number of nitrogens with one attached hydrogen (secondary N) is 1. The fraction of sp³-hybridized carbons (Fsp3) is 0.235. The van der Waals surface area contributed by atoms with Crippen LogP contribution in [-0.2, 0) is 21.0 Å². The number of alkyl halides is 3. The molecule has 0 aliphatic rings. The number of sulfonamides is 1. The Kier molecular flexibility index (Phi) is 5.60. The zero-order valence-electron chi connectivity index (χ0n) is 14.0. The fourth-order valence-electron chi connectivity index (χ4n) is 2.35. The summed E-state index contributed by atoms with van der Waals surface area (Å²) in [6, 6.07) is 11.0. The number of anilines is 2. The van der Waals surface area contributed by atoms with E-state index >= 15 is 0 Å². The van der Waals surface area contributed by atoms with Gasteiger partial charge in [-0.3, -0.25) is 9.10 Å². The number of nitrogens with zero attached hydrogens (tertiary/aromatic N) is 1. The molecule has 0 aliphatic heterocycles. The molecule has 140 valence electrons. The Morgan fingerprint density at radius 3 is 2.23 bits per heavy atom. The molecule has 0 fully saturated rings. The van der Waals surface area contributed by atoms with Gasteiger partial charge in [0, 0.05) is 5.69 Å². The van der Waals surface area contributed by atoms with E-state index in [1.54, 1.807) is 31.2 Å². The topological polar surface area (TPSA) is 66.5 Å². The maximum Gasteiger partial charge on any atom is 0.418 e. The Hall–Kier alpha value is -2.55. The van der Waals surface area contributed by atoms with Crippen LogP contribution < -0.4 is 9.62 Å². The summed E-state index contributed by atoms with van der Waals surface area (Å²) >= 11 is 0. The summed E-state index contributed by atoms with van der Waals surface area (Å²) < 4.78 is 64.2. The number of benzene rings is 2. The first-order chi connectivity index (χ1) is 12.0. The number of hydrogen-bond acceptors (Lipinski definition) is 3. The minimum Gasteiger partial charge on any atom is -0.324 e. The molecule has 0 atom stereocenters. The SMILES string of the molecule is Cc1ccccc1NC(=O)CN(c1ccccc1C(F)(F)F)S(C)(=O)=O. The minimum absolute atomic E-state index is 0.448. The summed E-state index contributed by atoms with van der Waals surface area (Å²) in [5.41, 5.74) is -0.533. The van der Waals surface area contributed by atoms with Crippen molar-refractivity contribution in [3.05, 3.63) is 59.7 Å². The largest absolute Gasteiger partial charge is 0.418 e. The van der Waals surface area contributed by atoms with Crippen molar-refractivity contribution < 1.29 is 26.4 Å². The van der Waals surface area contributed by atoms with Gasteiger partial charge in [0.25, 0.3) is 0 Å². The Balaban J connectivity index is 2.36. The van der Waals surface area contributed by atoms with E-state index in [-0.39, 0.29) is 0 Å². The van der Waals surface area contributed by atoms with E-state index in [1.165, 1.54) is 6.07 Å². The van der Waals surface area contributed by atoms with E-state index in [9.17, 15) is 26.4 Å². The second-order valence-corrected chi connectivity index (χ2v) is 7.55. The molecule has 0 aromatic heterocycles. The molecule has 9 heteroatoms. The van der Waals surface area contributed by atoms with E-state index in [0.29, 0.717) is 9.99 Å². The second-order valence-electron chi connectivity index (χ2n) is 5.65. The number of hydrogen-bond donors (Lipinski definition) is 1. The molecular formula is C17H17F3N2O3S. The van der Waals surface area contributed by atoms with Crippen molar-refractivity contribution in [2.24, 2.45) is 0 Å². The molecule has 0 bridgehead atoms. The number of amides is 1. The van der Waals surface area contributed by atoms with Crippen LogP contribution in [0, 0.1) is 6.92 Å². The Morgan fingerprint density at radius 1 is 1.08 bits per heavy atom. The highest BCUT2D eigenvalue weighted by molar-refractivity contribution is 7.92. The lowest BCUT2D eigenvalue weighted by Gasteiger charge is -2.25. The highest BCUT2D eigenvalue weighted by atomic mass is 32.2. The number of rotatable bonds is 5. The maximum absolute atomic E-state index is 13.2. The van der Waals surface area contributed by atoms with Crippen LogP contribution in [0.15, 0.2) is 48.5 Å². The van der Waals surface area contributed by atoms with Gasteiger partial charge in [0.15, 0.2) is 0 Å². The third-order valence-corrected chi connectivity index (χ3v) is 4.71. The number of halogens is 3. The first-order valence-corrected chi connectivity index (χ1v) is 9.34. The summed E-state index contributed by atoms with van der Waals surface area (Å²) in [5, 5.41) is 2.51. The Morgan fingerprint density at radius 2 is 1.65 bits per heavy atom. The van der Waals surface area contributed by atoms with Crippen LogP contribution in [0.2, 0.25) is 0 Å². The second kappa shape index (κ2) is 7.36. The summed E-state index contributed by atoms with van der Waals surface area (Å²) in [6.07, 6.45) is -4.01. The van der Waals surface area contributed by atoms with E-state index in [2.05, 4.69) is 5.32 Å². The monoisotopic (exact) mass is 386 g/mol. The van der Waals surface area contributed by atoms with Crippen molar-refractivity contribution >= 4 is 27.3 Å². The van der Waals surface area contributed by atoms with Gasteiger partial charge in [-0.05, 0) is 30.7 Å². The van der Waals surface area contributed by atoms with Gasteiger partial charge in [0.05, 0.1) is 17.5 Å². The molecule has 0 unspecified atom stereocenters. The van der Waals surface area contributed by atoms with Gasteiger partial charge in [-0.15, -0.1) is 0 Å². The lowest BCUT2D eigenvalue weighted by Crippen LogP contribution is -2.38. The van der Waals surface area contributed by atoms with Gasteiger partial charge in [0.2, 0.25) is 15.9 Å². The molecule has 0 radical (unpaired) electrons. The van der Waals surface area contributed by atoms with E-state index < -0.39 is 39.9 Å². The average Bonchev–Trinajstić information content (AvgIpc) is 2.53. The molecule has 5 nitrogen and oxygen atoms in total. The standard InChI is InChI=1S/C17H17F3N2O3S/c1-12-7-3-5-9-14(12)21-16(23)11-22(26(2,24)25)15-10-6-4-8-13(15)17(18,19)20/h3-10H,11H2,1-2H3,(H,21,23). The van der Waals surface area contributed by atoms with Gasteiger partial charge in [-0.2, -0.15) is 13.2 Å². The molecule has 0 heterocycles. The van der Waals surface area contributed by atoms with Crippen LogP contribution in [0.5, 0.6) is 0 Å². The molecule has 2 rings (SSSR count). The molecule has 0 spiro atoms. The average molecular weight is 386 g/mol. The van der Waals surface area contributed by atoms with Crippen molar-refractivity contribution in [3.8, 4) is 0 Å². The number of carbonyl (C=O) groups is 1. The van der Waals surface area contributed by atoms with Gasteiger partial charge < -0.3 is 5.32 Å². The molecular weight excluding hydrogens is 369 g/mol. The Labute approximate surface area is 149 Å². The third-order valence-electron chi connectivity index (χ3n) is 3.58. The lowest BCUT2D eigenvalue weighted by atomic mass is 10.1. The highest BCUT2D eigenvalue weighted by Crippen LogP contribution is 2.37. The molecule has 2 aromatic carbocycles. The molecule has 1 N–H and O–H groups in total. The molecule has 0 saturated carbocycles. The summed E-state index contributed by atoms with van der Waals surface area (Å²) in [4.78, 5) is 12.3. The van der Waals surface area contributed by atoms with Crippen LogP contribution in [-0.4, -0.2) is 27.1 Å². The molecule has 26 heavy (non-hydrogen) atoms. The zero-order chi connectivity index (χ0) is 19.5. The summed E-state index contributed by atoms with van der Waals surface area (Å²) in [7, 11) is -4.13. The van der Waals surface area contributed by atoms with Crippen LogP contribution in [0.4, 0.5) is 24.5 Å². The van der Waals surface area contributed by atoms with Gasteiger partial charge in [0.1, 0.15) is 6.54 Å². The van der Waals surface area contributed by atoms with Crippen molar-refractivity contribution in [2.75, 3.05) is 22.4 Å². The van der Waals surface area contributed by atoms with Crippen molar-refractivity contribution in [3.63, 3.8) is 0 Å². The first-order valence-electron chi connectivity index (χ1n) is 7.49. The number of carbonyl (C=O) groups excluding carboxylic acids is 1. The normalized spacial score (nSPS) is 11.9.